The van der Waals surface area contributed by atoms with Crippen LogP contribution < -0.4 is 33.2 Å². The highest BCUT2D eigenvalue weighted by Crippen LogP contribution is 2.05. The summed E-state index contributed by atoms with van der Waals surface area (Å²) >= 11 is 0. The number of carbonyl (C=O) groups excluding carboxylic acids is 3. The number of nitrogens with one attached hydrogen (secondary N) is 3. The predicted octanol–water partition coefficient (Wildman–Crippen LogP) is -2.88. The van der Waals surface area contributed by atoms with E-state index in [2.05, 4.69) is 16.0 Å². The number of aliphatic hydroxyl groups excluding tert-OH is 1. The van der Waals surface area contributed by atoms with Gasteiger partial charge in [0, 0.05) is 0 Å². The van der Waals surface area contributed by atoms with Gasteiger partial charge in [0.15, 0.2) is 0 Å². The van der Waals surface area contributed by atoms with Crippen LogP contribution in [0.15, 0.2) is 0 Å². The fraction of sp³-hybridized carbons (Fsp3) is 0.778. The first-order valence-electron chi connectivity index (χ1n) is 10.1. The fourth-order valence-electron chi connectivity index (χ4n) is 2.55. The minimum absolute atomic E-state index is 0.216. The summed E-state index contributed by atoms with van der Waals surface area (Å²) in [5, 5.41) is 25.5. The average molecular weight is 433 g/mol. The third-order valence-corrected chi connectivity index (χ3v) is 4.43. The zero-order chi connectivity index (χ0) is 23.1. The van der Waals surface area contributed by atoms with Crippen LogP contribution in [0.4, 0.5) is 0 Å². The van der Waals surface area contributed by atoms with Crippen LogP contribution in [0.3, 0.4) is 0 Å². The average Bonchev–Trinajstić information content (AvgIpc) is 2.71. The topological polar surface area (TPSA) is 223 Å². The van der Waals surface area contributed by atoms with E-state index >= 15 is 0 Å². The normalized spacial score (nSPS) is 14.8. The maximum absolute atomic E-state index is 12.6. The molecule has 0 aromatic carbocycles. The molecule has 30 heavy (non-hydrogen) atoms. The fourth-order valence-corrected chi connectivity index (χ4v) is 2.55. The lowest BCUT2D eigenvalue weighted by molar-refractivity contribution is -0.142. The third-order valence-electron chi connectivity index (χ3n) is 4.43. The molecular formula is C18H36N6O6. The number of aliphatic hydroxyl groups is 1. The van der Waals surface area contributed by atoms with Crippen LogP contribution in [0.1, 0.15) is 45.4 Å². The second-order valence-electron chi connectivity index (χ2n) is 7.05. The molecule has 4 unspecified atom stereocenters. The van der Waals surface area contributed by atoms with E-state index in [9.17, 15) is 24.3 Å². The summed E-state index contributed by atoms with van der Waals surface area (Å²) in [6.07, 6.45) is 2.79. The van der Waals surface area contributed by atoms with E-state index in [0.29, 0.717) is 38.8 Å². The zero-order valence-electron chi connectivity index (χ0n) is 17.4. The van der Waals surface area contributed by atoms with Crippen LogP contribution in [-0.4, -0.2) is 77.8 Å². The third kappa shape index (κ3) is 11.0. The Bertz CT molecular complexity index is 561. The van der Waals surface area contributed by atoms with E-state index in [1.54, 1.807) is 0 Å². The van der Waals surface area contributed by atoms with Gasteiger partial charge in [0.2, 0.25) is 17.7 Å². The Morgan fingerprint density at radius 1 is 0.800 bits per heavy atom. The summed E-state index contributed by atoms with van der Waals surface area (Å²) < 4.78 is 0. The van der Waals surface area contributed by atoms with E-state index < -0.39 is 54.5 Å². The number of carbonyl (C=O) groups is 4. The molecule has 3 amide bonds. The summed E-state index contributed by atoms with van der Waals surface area (Å²) in [6, 6.07) is -4.28. The minimum atomic E-state index is -1.17. The van der Waals surface area contributed by atoms with E-state index in [1.807, 2.05) is 0 Å². The number of hydrogen-bond acceptors (Lipinski definition) is 8. The molecule has 0 bridgehead atoms. The second-order valence-corrected chi connectivity index (χ2v) is 7.05. The van der Waals surface area contributed by atoms with Gasteiger partial charge in [-0.05, 0) is 58.5 Å². The lowest BCUT2D eigenvalue weighted by atomic mass is 10.1. The monoisotopic (exact) mass is 432 g/mol. The van der Waals surface area contributed by atoms with Crippen molar-refractivity contribution in [2.75, 3.05) is 19.7 Å². The minimum Gasteiger partial charge on any atom is -0.480 e. The first kappa shape index (κ1) is 27.7. The van der Waals surface area contributed by atoms with Crippen LogP contribution in [-0.2, 0) is 19.2 Å². The molecule has 0 spiro atoms. The molecule has 0 saturated heterocycles. The van der Waals surface area contributed by atoms with Gasteiger partial charge >= 0.3 is 5.97 Å². The van der Waals surface area contributed by atoms with E-state index in [1.165, 1.54) is 6.92 Å². The standard InChI is InChI=1S/C18H36N6O6/c1-11(22-16(27)12(21)10-25)15(26)23-13(6-2-4-8-19)17(28)24-14(18(29)30)7-3-5-9-20/h11-14,25H,2-10,19-21H2,1H3,(H,22,27)(H,23,26)(H,24,28)(H,29,30). The Morgan fingerprint density at radius 3 is 1.77 bits per heavy atom. The quantitative estimate of drug-likeness (QED) is 0.117. The van der Waals surface area contributed by atoms with Crippen molar-refractivity contribution in [1.29, 1.82) is 0 Å². The van der Waals surface area contributed by atoms with E-state index in [0.717, 1.165) is 0 Å². The van der Waals surface area contributed by atoms with Crippen molar-refractivity contribution in [1.82, 2.24) is 16.0 Å². The predicted molar refractivity (Wildman–Crippen MR) is 110 cm³/mol. The molecule has 4 atom stereocenters. The van der Waals surface area contributed by atoms with Gasteiger partial charge < -0.3 is 43.4 Å². The first-order chi connectivity index (χ1) is 14.2. The SMILES string of the molecule is CC(NC(=O)C(N)CO)C(=O)NC(CCCCN)C(=O)NC(CCCCN)C(=O)O. The molecule has 0 aromatic rings. The highest BCUT2D eigenvalue weighted by Gasteiger charge is 2.28. The zero-order valence-corrected chi connectivity index (χ0v) is 17.4. The van der Waals surface area contributed by atoms with Gasteiger partial charge in [-0.2, -0.15) is 0 Å². The summed E-state index contributed by atoms with van der Waals surface area (Å²) in [5.41, 5.74) is 16.3. The van der Waals surface area contributed by atoms with Crippen molar-refractivity contribution < 1.29 is 29.4 Å². The Labute approximate surface area is 176 Å². The molecule has 11 N–H and O–H groups in total. The number of nitrogens with two attached hydrogens (primary N) is 3. The summed E-state index contributed by atoms with van der Waals surface area (Å²) in [5.74, 6) is -3.16. The Kier molecular flexibility index (Phi) is 14.4. The number of carboxylic acids is 1. The summed E-state index contributed by atoms with van der Waals surface area (Å²) in [4.78, 5) is 48.2. The molecule has 0 aliphatic rings. The largest absolute Gasteiger partial charge is 0.480 e. The molecule has 0 aliphatic heterocycles. The molecule has 0 aliphatic carbocycles. The maximum atomic E-state index is 12.6. The van der Waals surface area contributed by atoms with Crippen molar-refractivity contribution >= 4 is 23.7 Å². The lowest BCUT2D eigenvalue weighted by Gasteiger charge is -2.23. The Hall–Kier alpha value is -2.28. The van der Waals surface area contributed by atoms with Gasteiger partial charge in [-0.15, -0.1) is 0 Å². The highest BCUT2D eigenvalue weighted by molar-refractivity contribution is 5.93. The van der Waals surface area contributed by atoms with E-state index in [4.69, 9.17) is 22.3 Å². The van der Waals surface area contributed by atoms with Crippen molar-refractivity contribution in [3.63, 3.8) is 0 Å². The number of rotatable bonds is 16. The van der Waals surface area contributed by atoms with Gasteiger partial charge in [-0.1, -0.05) is 0 Å². The number of amides is 3. The van der Waals surface area contributed by atoms with Gasteiger partial charge in [-0.3, -0.25) is 14.4 Å². The molecule has 0 radical (unpaired) electrons. The molecule has 0 rings (SSSR count). The number of unbranched alkanes of at least 4 members (excludes halogenated alkanes) is 2. The molecular weight excluding hydrogens is 396 g/mol. The Morgan fingerprint density at radius 2 is 1.30 bits per heavy atom. The number of carboxylic acid groups (broad SMARTS) is 1. The van der Waals surface area contributed by atoms with Crippen LogP contribution in [0.2, 0.25) is 0 Å². The molecule has 12 nitrogen and oxygen atoms in total. The van der Waals surface area contributed by atoms with Crippen LogP contribution >= 0.6 is 0 Å². The van der Waals surface area contributed by atoms with Crippen molar-refractivity contribution in [3.8, 4) is 0 Å². The smallest absolute Gasteiger partial charge is 0.326 e. The van der Waals surface area contributed by atoms with Gasteiger partial charge in [0.25, 0.3) is 0 Å². The van der Waals surface area contributed by atoms with Gasteiger partial charge in [0.1, 0.15) is 24.2 Å². The van der Waals surface area contributed by atoms with Crippen LogP contribution in [0, 0.1) is 0 Å². The Balaban J connectivity index is 5.05. The van der Waals surface area contributed by atoms with Crippen LogP contribution in [0.5, 0.6) is 0 Å². The molecule has 0 aromatic heterocycles. The van der Waals surface area contributed by atoms with Gasteiger partial charge in [-0.25, -0.2) is 4.79 Å². The van der Waals surface area contributed by atoms with E-state index in [-0.39, 0.29) is 12.8 Å². The molecule has 0 saturated carbocycles. The maximum Gasteiger partial charge on any atom is 0.326 e. The molecule has 0 heterocycles. The second kappa shape index (κ2) is 15.5. The lowest BCUT2D eigenvalue weighted by Crippen LogP contribution is -2.56. The number of aliphatic carboxylic acids is 1. The van der Waals surface area contributed by atoms with Crippen molar-refractivity contribution in [3.05, 3.63) is 0 Å². The van der Waals surface area contributed by atoms with Crippen LogP contribution in [0.25, 0.3) is 0 Å². The van der Waals surface area contributed by atoms with Crippen molar-refractivity contribution in [2.45, 2.75) is 69.6 Å². The first-order valence-corrected chi connectivity index (χ1v) is 10.1. The summed E-state index contributed by atoms with van der Waals surface area (Å²) in [6.45, 7) is 1.65. The van der Waals surface area contributed by atoms with Crippen molar-refractivity contribution in [2.24, 2.45) is 17.2 Å². The summed E-state index contributed by atoms with van der Waals surface area (Å²) in [7, 11) is 0. The molecule has 12 heteroatoms. The molecule has 0 fully saturated rings. The molecule has 174 valence electrons. The number of hydrogen-bond donors (Lipinski definition) is 8. The highest BCUT2D eigenvalue weighted by atomic mass is 16.4. The van der Waals surface area contributed by atoms with Gasteiger partial charge in [0.05, 0.1) is 6.61 Å².